The zero-order chi connectivity index (χ0) is 41.5. The van der Waals surface area contributed by atoms with Crippen LogP contribution < -0.4 is 18.9 Å². The van der Waals surface area contributed by atoms with Gasteiger partial charge < -0.3 is 9.80 Å². The van der Waals surface area contributed by atoms with E-state index in [1.165, 1.54) is 25.7 Å². The van der Waals surface area contributed by atoms with Gasteiger partial charge in [-0.2, -0.15) is 21.0 Å². The predicted octanol–water partition coefficient (Wildman–Crippen LogP) is 10.9. The van der Waals surface area contributed by atoms with Gasteiger partial charge in [-0.3, -0.25) is 0 Å². The fourth-order valence-electron chi connectivity index (χ4n) is 8.82. The van der Waals surface area contributed by atoms with Gasteiger partial charge in [0.1, 0.15) is 48.5 Å². The van der Waals surface area contributed by atoms with Crippen LogP contribution in [0.5, 0.6) is 0 Å². The van der Waals surface area contributed by atoms with Crippen LogP contribution in [0.1, 0.15) is 99.3 Å². The van der Waals surface area contributed by atoms with E-state index in [1.54, 1.807) is 0 Å². The SMILES string of the molecule is N#CC(C#N)=C1c2ccccc2N(CCCCCCCC[n+]2ccccc2)c2cc3c(cc21)N(CCCCCCCC[n+]1ccccc1)c1ccccc1C3=C(C#N)C#N. The molecule has 0 N–H and O–H groups in total. The summed E-state index contributed by atoms with van der Waals surface area (Å²) < 4.78 is 4.47. The number of pyridine rings is 2. The van der Waals surface area contributed by atoms with Gasteiger partial charge in [0, 0.05) is 106 Å². The van der Waals surface area contributed by atoms with Crippen molar-refractivity contribution in [2.45, 2.75) is 90.1 Å². The number of benzene rings is 3. The van der Waals surface area contributed by atoms with Crippen LogP contribution in [0.2, 0.25) is 0 Å². The first-order valence-electron chi connectivity index (χ1n) is 21.6. The summed E-state index contributed by atoms with van der Waals surface area (Å²) in [7, 11) is 0. The lowest BCUT2D eigenvalue weighted by atomic mass is 9.81. The van der Waals surface area contributed by atoms with Gasteiger partial charge in [-0.15, -0.1) is 0 Å². The second kappa shape index (κ2) is 20.6. The number of aromatic nitrogens is 2. The standard InChI is InChI=1S/C52H52N8/c53-37-41(38-54)51-43-23-11-13-25-47(43)59(33-21-7-3-1-5-15-27-57-29-17-9-18-30-57)49-35-46-50(36-45(49)51)60(48-26-14-12-24-44(48)52(46)42(39-55)40-56)34-22-8-4-2-6-16-28-58-31-19-10-20-32-58/h9-14,17-20,23-26,29-32,35-36H,1-8,15-16,21-22,27-28,33-34H2/q+2. The molecule has 2 aliphatic heterocycles. The second-order valence-electron chi connectivity index (χ2n) is 15.6. The monoisotopic (exact) mass is 788 g/mol. The molecule has 0 spiro atoms. The molecule has 0 amide bonds. The Morgan fingerprint density at radius 2 is 0.733 bits per heavy atom. The van der Waals surface area contributed by atoms with Gasteiger partial charge in [-0.1, -0.05) is 87.1 Å². The Hall–Kier alpha value is -7.00. The van der Waals surface area contributed by atoms with Crippen molar-refractivity contribution in [2.24, 2.45) is 0 Å². The maximum absolute atomic E-state index is 10.4. The summed E-state index contributed by atoms with van der Waals surface area (Å²) in [6.07, 6.45) is 21.9. The van der Waals surface area contributed by atoms with Crippen LogP contribution in [0.4, 0.5) is 22.7 Å². The first kappa shape index (κ1) is 41.2. The minimum atomic E-state index is 0.0656. The lowest BCUT2D eigenvalue weighted by Gasteiger charge is -2.39. The Morgan fingerprint density at radius 1 is 0.383 bits per heavy atom. The summed E-state index contributed by atoms with van der Waals surface area (Å²) in [5.74, 6) is 0. The number of allylic oxidation sites excluding steroid dienone is 2. The van der Waals surface area contributed by atoms with Gasteiger partial charge in [0.15, 0.2) is 24.8 Å². The van der Waals surface area contributed by atoms with E-state index in [9.17, 15) is 21.0 Å². The highest BCUT2D eigenvalue weighted by Gasteiger charge is 2.35. The molecule has 5 aromatic rings. The molecule has 298 valence electrons. The molecule has 7 rings (SSSR count). The highest BCUT2D eigenvalue weighted by molar-refractivity contribution is 6.07. The van der Waals surface area contributed by atoms with Crippen molar-refractivity contribution >= 4 is 33.9 Å². The average Bonchev–Trinajstić information content (AvgIpc) is 3.29. The highest BCUT2D eigenvalue weighted by atomic mass is 15.2. The summed E-state index contributed by atoms with van der Waals surface area (Å²) in [6.45, 7) is 3.55. The summed E-state index contributed by atoms with van der Waals surface area (Å²) in [4.78, 5) is 4.65. The molecule has 2 aliphatic rings. The van der Waals surface area contributed by atoms with E-state index in [1.807, 2.05) is 48.5 Å². The van der Waals surface area contributed by atoms with Crippen molar-refractivity contribution in [1.29, 1.82) is 21.0 Å². The van der Waals surface area contributed by atoms with Gasteiger partial charge in [0.25, 0.3) is 0 Å². The molecule has 0 radical (unpaired) electrons. The molecule has 0 unspecified atom stereocenters. The Kier molecular flexibility index (Phi) is 14.1. The number of hydrogen-bond acceptors (Lipinski definition) is 6. The van der Waals surface area contributed by atoms with Crippen molar-refractivity contribution in [1.82, 2.24) is 0 Å². The molecule has 0 saturated carbocycles. The van der Waals surface area contributed by atoms with E-state index in [0.29, 0.717) is 11.1 Å². The maximum atomic E-state index is 10.4. The van der Waals surface area contributed by atoms with Crippen molar-refractivity contribution in [3.05, 3.63) is 155 Å². The number of unbranched alkanes of at least 4 members (excludes halogenated alkanes) is 10. The molecule has 8 nitrogen and oxygen atoms in total. The highest BCUT2D eigenvalue weighted by Crippen LogP contribution is 2.53. The maximum Gasteiger partial charge on any atom is 0.168 e. The zero-order valence-corrected chi connectivity index (χ0v) is 34.4. The number of nitriles is 4. The van der Waals surface area contributed by atoms with Gasteiger partial charge in [-0.25, -0.2) is 9.13 Å². The van der Waals surface area contributed by atoms with Crippen molar-refractivity contribution in [3.63, 3.8) is 0 Å². The molecular weight excluding hydrogens is 737 g/mol. The Morgan fingerprint density at radius 3 is 1.12 bits per heavy atom. The Labute approximate surface area is 355 Å². The average molecular weight is 789 g/mol. The van der Waals surface area contributed by atoms with Crippen LogP contribution in [0.15, 0.2) is 133 Å². The van der Waals surface area contributed by atoms with E-state index in [4.69, 9.17) is 0 Å². The van der Waals surface area contributed by atoms with E-state index >= 15 is 0 Å². The Balaban J connectivity index is 1.17. The number of nitrogens with zero attached hydrogens (tertiary/aromatic N) is 8. The quantitative estimate of drug-likeness (QED) is 0.0497. The summed E-state index contributed by atoms with van der Waals surface area (Å²) in [5.41, 5.74) is 8.40. The lowest BCUT2D eigenvalue weighted by Crippen LogP contribution is -2.32. The molecule has 0 aliphatic carbocycles. The molecule has 60 heavy (non-hydrogen) atoms. The van der Waals surface area contributed by atoms with Crippen LogP contribution in [0.3, 0.4) is 0 Å². The molecule has 8 heteroatoms. The summed E-state index contributed by atoms with van der Waals surface area (Å²) in [6, 6.07) is 41.6. The van der Waals surface area contributed by atoms with Crippen molar-refractivity contribution in [3.8, 4) is 24.3 Å². The Bertz CT molecular complexity index is 2300. The third-order valence-corrected chi connectivity index (χ3v) is 11.8. The minimum absolute atomic E-state index is 0.0656. The van der Waals surface area contributed by atoms with Crippen LogP contribution in [0, 0.1) is 45.3 Å². The minimum Gasteiger partial charge on any atom is -0.340 e. The number of anilines is 4. The molecule has 0 atom stereocenters. The number of rotatable bonds is 18. The van der Waals surface area contributed by atoms with Gasteiger partial charge in [0.2, 0.25) is 0 Å². The molecule has 0 fully saturated rings. The van der Waals surface area contributed by atoms with E-state index in [0.717, 1.165) is 123 Å². The number of para-hydroxylation sites is 2. The molecule has 3 aromatic carbocycles. The molecule has 2 aromatic heterocycles. The van der Waals surface area contributed by atoms with E-state index in [-0.39, 0.29) is 11.1 Å². The fourth-order valence-corrected chi connectivity index (χ4v) is 8.82. The van der Waals surface area contributed by atoms with Crippen LogP contribution in [0.25, 0.3) is 11.1 Å². The van der Waals surface area contributed by atoms with Crippen molar-refractivity contribution in [2.75, 3.05) is 22.9 Å². The first-order valence-corrected chi connectivity index (χ1v) is 21.6. The molecular formula is C52H52N8+2. The molecule has 0 bridgehead atoms. The number of hydrogen-bond donors (Lipinski definition) is 0. The van der Waals surface area contributed by atoms with Crippen LogP contribution in [-0.4, -0.2) is 13.1 Å². The van der Waals surface area contributed by atoms with Gasteiger partial charge >= 0.3 is 0 Å². The van der Waals surface area contributed by atoms with Gasteiger partial charge in [-0.05, 0) is 49.9 Å². The number of aryl methyl sites for hydroxylation is 2. The van der Waals surface area contributed by atoms with Crippen molar-refractivity contribution < 1.29 is 9.13 Å². The molecule has 4 heterocycles. The van der Waals surface area contributed by atoms with Crippen LogP contribution in [-0.2, 0) is 13.1 Å². The third-order valence-electron chi connectivity index (χ3n) is 11.8. The topological polar surface area (TPSA) is 109 Å². The van der Waals surface area contributed by atoms with E-state index < -0.39 is 0 Å². The largest absolute Gasteiger partial charge is 0.340 e. The lowest BCUT2D eigenvalue weighted by molar-refractivity contribution is -0.697. The second-order valence-corrected chi connectivity index (χ2v) is 15.6. The van der Waals surface area contributed by atoms with Crippen LogP contribution >= 0.6 is 0 Å². The number of fused-ring (bicyclic) bond motifs is 4. The van der Waals surface area contributed by atoms with E-state index in [2.05, 4.69) is 117 Å². The third kappa shape index (κ3) is 9.31. The summed E-state index contributed by atoms with van der Waals surface area (Å²) in [5, 5.41) is 41.5. The summed E-state index contributed by atoms with van der Waals surface area (Å²) >= 11 is 0. The van der Waals surface area contributed by atoms with Gasteiger partial charge in [0.05, 0.1) is 0 Å². The zero-order valence-electron chi connectivity index (χ0n) is 34.4. The fraction of sp³-hybridized carbons (Fsp3) is 0.308. The molecule has 0 saturated heterocycles. The normalized spacial score (nSPS) is 12.2. The first-order chi connectivity index (χ1) is 29.7. The smallest absolute Gasteiger partial charge is 0.168 e. The predicted molar refractivity (Wildman–Crippen MR) is 237 cm³/mol.